The molecule has 0 N–H and O–H groups in total. The van der Waals surface area contributed by atoms with Crippen molar-refractivity contribution < 1.29 is 4.79 Å². The first-order valence-electron chi connectivity index (χ1n) is 5.49. The average molecular weight is 198 g/mol. The summed E-state index contributed by atoms with van der Waals surface area (Å²) in [6, 6.07) is 0.198. The lowest BCUT2D eigenvalue weighted by Gasteiger charge is -2.30. The molecule has 0 radical (unpaired) electrons. The zero-order valence-corrected chi connectivity index (χ0v) is 9.62. The summed E-state index contributed by atoms with van der Waals surface area (Å²) < 4.78 is 0. The highest BCUT2D eigenvalue weighted by Gasteiger charge is 2.25. The molecule has 1 aliphatic rings. The summed E-state index contributed by atoms with van der Waals surface area (Å²) in [5.74, 6) is 0.442. The second-order valence-electron chi connectivity index (χ2n) is 4.51. The number of nitrogens with zero attached hydrogens (tertiary/aromatic N) is 2. The van der Waals surface area contributed by atoms with E-state index in [0.29, 0.717) is 5.78 Å². The molecule has 0 aromatic rings. The molecule has 14 heavy (non-hydrogen) atoms. The molecular formula is C11H22N2O. The number of carbonyl (C=O) groups is 1. The second kappa shape index (κ2) is 5.47. The maximum Gasteiger partial charge on any atom is 0.149 e. The third-order valence-corrected chi connectivity index (χ3v) is 2.95. The normalized spacial score (nSPS) is 23.5. The van der Waals surface area contributed by atoms with Gasteiger partial charge in [0.15, 0.2) is 0 Å². The maximum atomic E-state index is 11.6. The third kappa shape index (κ3) is 3.39. The molecule has 0 aromatic heterocycles. The van der Waals surface area contributed by atoms with E-state index in [0.717, 1.165) is 32.4 Å². The van der Waals surface area contributed by atoms with E-state index in [2.05, 4.69) is 30.9 Å². The maximum absolute atomic E-state index is 11.6. The molecule has 1 atom stereocenters. The van der Waals surface area contributed by atoms with Gasteiger partial charge in [0.2, 0.25) is 0 Å². The van der Waals surface area contributed by atoms with Gasteiger partial charge < -0.3 is 4.90 Å². The van der Waals surface area contributed by atoms with Crippen molar-refractivity contribution in [3.05, 3.63) is 0 Å². The molecule has 0 aliphatic heterocycles. The largest absolute Gasteiger partial charge is 0.308 e. The number of ketones is 1. The van der Waals surface area contributed by atoms with Gasteiger partial charge in [-0.1, -0.05) is 6.42 Å². The van der Waals surface area contributed by atoms with Gasteiger partial charge in [-0.3, -0.25) is 9.69 Å². The van der Waals surface area contributed by atoms with Crippen LogP contribution in [0.4, 0.5) is 0 Å². The Morgan fingerprint density at radius 2 is 1.93 bits per heavy atom. The zero-order chi connectivity index (χ0) is 10.6. The number of hydrogen-bond donors (Lipinski definition) is 0. The van der Waals surface area contributed by atoms with E-state index >= 15 is 0 Å². The van der Waals surface area contributed by atoms with Gasteiger partial charge in [-0.25, -0.2) is 0 Å². The SMILES string of the molecule is CN(C)CCN(C)C1CCCCC1=O. The minimum atomic E-state index is 0.198. The van der Waals surface area contributed by atoms with Gasteiger partial charge in [-0.15, -0.1) is 0 Å². The lowest BCUT2D eigenvalue weighted by atomic mass is 9.93. The van der Waals surface area contributed by atoms with Crippen LogP contribution in [0.1, 0.15) is 25.7 Å². The predicted molar refractivity (Wildman–Crippen MR) is 58.4 cm³/mol. The van der Waals surface area contributed by atoms with Crippen LogP contribution in [0, 0.1) is 0 Å². The quantitative estimate of drug-likeness (QED) is 0.673. The summed E-state index contributed by atoms with van der Waals surface area (Å²) in [6.07, 6.45) is 4.15. The Hall–Kier alpha value is -0.410. The zero-order valence-electron chi connectivity index (χ0n) is 9.62. The first-order valence-corrected chi connectivity index (χ1v) is 5.49. The molecule has 0 spiro atoms. The Morgan fingerprint density at radius 3 is 2.50 bits per heavy atom. The van der Waals surface area contributed by atoms with Crippen LogP contribution in [-0.4, -0.2) is 55.9 Å². The molecule has 3 nitrogen and oxygen atoms in total. The standard InChI is InChI=1S/C11H22N2O/c1-12(2)8-9-13(3)10-6-4-5-7-11(10)14/h10H,4-9H2,1-3H3. The molecule has 1 aliphatic carbocycles. The molecule has 1 saturated carbocycles. The lowest BCUT2D eigenvalue weighted by molar-refractivity contribution is -0.125. The van der Waals surface area contributed by atoms with Crippen molar-refractivity contribution in [2.75, 3.05) is 34.2 Å². The van der Waals surface area contributed by atoms with Crippen LogP contribution in [0.3, 0.4) is 0 Å². The predicted octanol–water partition coefficient (Wildman–Crippen LogP) is 0.991. The van der Waals surface area contributed by atoms with Crippen LogP contribution in [0.15, 0.2) is 0 Å². The van der Waals surface area contributed by atoms with E-state index in [1.807, 2.05) is 0 Å². The van der Waals surface area contributed by atoms with Crippen molar-refractivity contribution in [1.82, 2.24) is 9.80 Å². The smallest absolute Gasteiger partial charge is 0.149 e. The molecule has 0 bridgehead atoms. The molecule has 0 amide bonds. The summed E-state index contributed by atoms with van der Waals surface area (Å²) in [7, 11) is 6.20. The highest BCUT2D eigenvalue weighted by molar-refractivity contribution is 5.84. The first kappa shape index (κ1) is 11.7. The Kier molecular flexibility index (Phi) is 4.55. The molecular weight excluding hydrogens is 176 g/mol. The Bertz CT molecular complexity index is 192. The van der Waals surface area contributed by atoms with E-state index in [1.165, 1.54) is 6.42 Å². The summed E-state index contributed by atoms with van der Waals surface area (Å²) in [6.45, 7) is 2.02. The molecule has 1 unspecified atom stereocenters. The molecule has 0 aromatic carbocycles. The summed E-state index contributed by atoms with van der Waals surface area (Å²) in [5.41, 5.74) is 0. The molecule has 82 valence electrons. The Balaban J connectivity index is 2.34. The van der Waals surface area contributed by atoms with Crippen LogP contribution in [-0.2, 0) is 4.79 Å². The highest BCUT2D eigenvalue weighted by atomic mass is 16.1. The highest BCUT2D eigenvalue weighted by Crippen LogP contribution is 2.18. The molecule has 1 rings (SSSR count). The number of rotatable bonds is 4. The number of Topliss-reactive ketones (excluding diaryl/α,β-unsaturated/α-hetero) is 1. The fourth-order valence-electron chi connectivity index (χ4n) is 1.94. The average Bonchev–Trinajstić information content (AvgIpc) is 2.15. The van der Waals surface area contributed by atoms with Crippen molar-refractivity contribution in [1.29, 1.82) is 0 Å². The fraction of sp³-hybridized carbons (Fsp3) is 0.909. The van der Waals surface area contributed by atoms with Gasteiger partial charge in [0.25, 0.3) is 0 Å². The third-order valence-electron chi connectivity index (χ3n) is 2.95. The number of hydrogen-bond acceptors (Lipinski definition) is 3. The van der Waals surface area contributed by atoms with Crippen molar-refractivity contribution in [2.45, 2.75) is 31.7 Å². The summed E-state index contributed by atoms with van der Waals surface area (Å²) in [5, 5.41) is 0. The first-order chi connectivity index (χ1) is 6.61. The van der Waals surface area contributed by atoms with E-state index in [-0.39, 0.29) is 6.04 Å². The van der Waals surface area contributed by atoms with Crippen LogP contribution in [0.25, 0.3) is 0 Å². The monoisotopic (exact) mass is 198 g/mol. The van der Waals surface area contributed by atoms with E-state index < -0.39 is 0 Å². The van der Waals surface area contributed by atoms with Gasteiger partial charge >= 0.3 is 0 Å². The number of likely N-dealkylation sites (N-methyl/N-ethyl adjacent to an activating group) is 2. The van der Waals surface area contributed by atoms with Gasteiger partial charge in [0.1, 0.15) is 5.78 Å². The van der Waals surface area contributed by atoms with Crippen LogP contribution in [0.2, 0.25) is 0 Å². The van der Waals surface area contributed by atoms with Gasteiger partial charge in [-0.05, 0) is 34.0 Å². The Morgan fingerprint density at radius 1 is 1.21 bits per heavy atom. The minimum Gasteiger partial charge on any atom is -0.308 e. The van der Waals surface area contributed by atoms with E-state index in [4.69, 9.17) is 0 Å². The molecule has 0 heterocycles. The van der Waals surface area contributed by atoms with Crippen molar-refractivity contribution in [2.24, 2.45) is 0 Å². The summed E-state index contributed by atoms with van der Waals surface area (Å²) in [4.78, 5) is 16.0. The van der Waals surface area contributed by atoms with Gasteiger partial charge in [0, 0.05) is 19.5 Å². The fourth-order valence-corrected chi connectivity index (χ4v) is 1.94. The Labute approximate surface area is 87.1 Å². The van der Waals surface area contributed by atoms with Gasteiger partial charge in [-0.2, -0.15) is 0 Å². The topological polar surface area (TPSA) is 23.6 Å². The van der Waals surface area contributed by atoms with E-state index in [9.17, 15) is 4.79 Å². The number of carbonyl (C=O) groups excluding carboxylic acids is 1. The molecule has 3 heteroatoms. The van der Waals surface area contributed by atoms with E-state index in [1.54, 1.807) is 0 Å². The molecule has 1 fully saturated rings. The van der Waals surface area contributed by atoms with Gasteiger partial charge in [0.05, 0.1) is 6.04 Å². The lowest BCUT2D eigenvalue weighted by Crippen LogP contribution is -2.43. The molecule has 0 saturated heterocycles. The van der Waals surface area contributed by atoms with Crippen LogP contribution < -0.4 is 0 Å². The second-order valence-corrected chi connectivity index (χ2v) is 4.51. The summed E-state index contributed by atoms with van der Waals surface area (Å²) >= 11 is 0. The van der Waals surface area contributed by atoms with Crippen molar-refractivity contribution in [3.63, 3.8) is 0 Å². The van der Waals surface area contributed by atoms with Crippen molar-refractivity contribution >= 4 is 5.78 Å². The minimum absolute atomic E-state index is 0.198. The van der Waals surface area contributed by atoms with Crippen LogP contribution in [0.5, 0.6) is 0 Å². The van der Waals surface area contributed by atoms with Crippen LogP contribution >= 0.6 is 0 Å². The van der Waals surface area contributed by atoms with Crippen molar-refractivity contribution in [3.8, 4) is 0 Å².